The Bertz CT molecular complexity index is 1900. The van der Waals surface area contributed by atoms with Gasteiger partial charge in [-0.2, -0.15) is 4.98 Å². The van der Waals surface area contributed by atoms with Crippen LogP contribution < -0.4 is 10.6 Å². The molecule has 4 heterocycles. The molecule has 1 aliphatic rings. The lowest BCUT2D eigenvalue weighted by Gasteiger charge is -2.40. The molecule has 0 unspecified atom stereocenters. The number of rotatable bonds is 5. The van der Waals surface area contributed by atoms with Crippen LogP contribution in [0.1, 0.15) is 12.6 Å². The molecule has 13 heteroatoms. The molecule has 0 aliphatic carbocycles. The normalized spacial score (nSPS) is 15.8. The zero-order valence-corrected chi connectivity index (χ0v) is 24.1. The summed E-state index contributed by atoms with van der Waals surface area (Å²) in [6.07, 6.45) is 3.62. The lowest BCUT2D eigenvalue weighted by atomic mass is 10.1. The molecule has 0 saturated carbocycles. The fourth-order valence-corrected chi connectivity index (χ4v) is 6.23. The van der Waals surface area contributed by atoms with Gasteiger partial charge in [-0.25, -0.2) is 27.2 Å². The Morgan fingerprint density at radius 2 is 1.93 bits per heavy atom. The van der Waals surface area contributed by atoms with Crippen molar-refractivity contribution < 1.29 is 17.6 Å². The third-order valence-corrected chi connectivity index (χ3v) is 8.43. The monoisotopic (exact) mass is 596 g/mol. The van der Waals surface area contributed by atoms with Gasteiger partial charge in [0.05, 0.1) is 32.4 Å². The second kappa shape index (κ2) is 10.7. The first-order valence-corrected chi connectivity index (χ1v) is 14.9. The fourth-order valence-electron chi connectivity index (χ4n) is 5.08. The number of sulfone groups is 1. The minimum atomic E-state index is -3.82. The maximum Gasteiger partial charge on any atom is 0.355 e. The van der Waals surface area contributed by atoms with Crippen molar-refractivity contribution in [3.05, 3.63) is 82.3 Å². The Kier molecular flexibility index (Phi) is 7.39. The van der Waals surface area contributed by atoms with Crippen LogP contribution in [0, 0.1) is 12.7 Å². The molecule has 4 aromatic rings. The molecular weight excluding hydrogens is 571 g/mol. The van der Waals surface area contributed by atoms with Crippen molar-refractivity contribution in [2.45, 2.75) is 24.8 Å². The summed E-state index contributed by atoms with van der Waals surface area (Å²) in [4.78, 5) is 42.7. The van der Waals surface area contributed by atoms with E-state index in [1.807, 2.05) is 11.8 Å². The van der Waals surface area contributed by atoms with E-state index in [1.165, 1.54) is 36.5 Å². The average molecular weight is 597 g/mol. The number of amides is 1. The van der Waals surface area contributed by atoms with Gasteiger partial charge in [0.25, 0.3) is 0 Å². The summed E-state index contributed by atoms with van der Waals surface area (Å²) in [7, 11) is -3.82. The van der Waals surface area contributed by atoms with E-state index in [0.717, 1.165) is 10.8 Å². The molecule has 3 aromatic heterocycles. The van der Waals surface area contributed by atoms with Crippen LogP contribution in [0.3, 0.4) is 0 Å². The molecule has 1 aliphatic heterocycles. The molecule has 0 bridgehead atoms. The summed E-state index contributed by atoms with van der Waals surface area (Å²) in [6.45, 7) is 8.06. The molecule has 10 nitrogen and oxygen atoms in total. The number of nitrogens with zero attached hydrogens (tertiary/aromatic N) is 6. The number of carbonyl (C=O) groups is 1. The first-order valence-electron chi connectivity index (χ1n) is 12.6. The molecular formula is C28H26ClFN6O4S. The second-order valence-electron chi connectivity index (χ2n) is 9.77. The second-order valence-corrected chi connectivity index (χ2v) is 12.2. The van der Waals surface area contributed by atoms with E-state index in [-0.39, 0.29) is 56.0 Å². The smallest absolute Gasteiger partial charge is 0.350 e. The molecule has 0 radical (unpaired) electrons. The Morgan fingerprint density at radius 1 is 1.20 bits per heavy atom. The van der Waals surface area contributed by atoms with E-state index in [9.17, 15) is 22.4 Å². The van der Waals surface area contributed by atoms with Crippen molar-refractivity contribution in [2.75, 3.05) is 30.8 Å². The SMILES string of the molecule is C=CC(=O)N1CCN(c2nc(=O)n(-c3c(S(C)(=O)=O)ccnc3C)c3nc(-c4ccccc4F)c(Cl)cc23)[C@@H](C)C1. The Hall–Kier alpha value is -4.16. The number of halogens is 2. The summed E-state index contributed by atoms with van der Waals surface area (Å²) < 4.78 is 41.5. The van der Waals surface area contributed by atoms with Gasteiger partial charge in [0.1, 0.15) is 11.6 Å². The quantitative estimate of drug-likeness (QED) is 0.321. The fraction of sp³-hybridized carbons (Fsp3) is 0.250. The number of piperazine rings is 1. The van der Waals surface area contributed by atoms with Crippen LogP contribution in [0.5, 0.6) is 0 Å². The maximum atomic E-state index is 14.9. The highest BCUT2D eigenvalue weighted by Crippen LogP contribution is 2.36. The van der Waals surface area contributed by atoms with Crippen molar-refractivity contribution in [2.24, 2.45) is 0 Å². The minimum absolute atomic E-state index is 0.00666. The van der Waals surface area contributed by atoms with E-state index in [1.54, 1.807) is 24.0 Å². The van der Waals surface area contributed by atoms with Gasteiger partial charge < -0.3 is 9.80 Å². The van der Waals surface area contributed by atoms with Crippen LogP contribution in [0.15, 0.2) is 64.9 Å². The zero-order chi connectivity index (χ0) is 29.6. The lowest BCUT2D eigenvalue weighted by molar-refractivity contribution is -0.126. The lowest BCUT2D eigenvalue weighted by Crippen LogP contribution is -2.54. The van der Waals surface area contributed by atoms with Crippen LogP contribution >= 0.6 is 11.6 Å². The molecule has 0 N–H and O–H groups in total. The topological polar surface area (TPSA) is 118 Å². The first kappa shape index (κ1) is 28.4. The van der Waals surface area contributed by atoms with Gasteiger partial charge in [0.2, 0.25) is 5.91 Å². The largest absolute Gasteiger partial charge is 0.355 e. The van der Waals surface area contributed by atoms with Gasteiger partial charge >= 0.3 is 5.69 Å². The number of carbonyl (C=O) groups excluding carboxylic acids is 1. The number of fused-ring (bicyclic) bond motifs is 1. The van der Waals surface area contributed by atoms with Gasteiger partial charge in [-0.1, -0.05) is 30.3 Å². The molecule has 212 valence electrons. The third-order valence-electron chi connectivity index (χ3n) is 7.01. The number of hydrogen-bond acceptors (Lipinski definition) is 8. The third kappa shape index (κ3) is 5.08. The molecule has 0 spiro atoms. The maximum absolute atomic E-state index is 14.9. The number of benzene rings is 1. The Balaban J connectivity index is 1.84. The summed E-state index contributed by atoms with van der Waals surface area (Å²) in [5.41, 5.74) is -0.361. The van der Waals surface area contributed by atoms with Crippen LogP contribution in [0.4, 0.5) is 10.2 Å². The van der Waals surface area contributed by atoms with Gasteiger partial charge in [0.15, 0.2) is 15.5 Å². The molecule has 41 heavy (non-hydrogen) atoms. The molecule has 1 amide bonds. The number of aryl methyl sites for hydroxylation is 1. The summed E-state index contributed by atoms with van der Waals surface area (Å²) in [5, 5.41) is 0.447. The Morgan fingerprint density at radius 3 is 2.59 bits per heavy atom. The number of hydrogen-bond donors (Lipinski definition) is 0. The summed E-state index contributed by atoms with van der Waals surface area (Å²) in [6, 6.07) is 8.52. The van der Waals surface area contributed by atoms with Crippen LogP contribution in [0.25, 0.3) is 28.0 Å². The first-order chi connectivity index (χ1) is 19.4. The van der Waals surface area contributed by atoms with Crippen molar-refractivity contribution in [3.63, 3.8) is 0 Å². The van der Waals surface area contributed by atoms with Crippen molar-refractivity contribution in [3.8, 4) is 16.9 Å². The zero-order valence-electron chi connectivity index (χ0n) is 22.5. The molecule has 1 atom stereocenters. The van der Waals surface area contributed by atoms with Crippen molar-refractivity contribution in [1.29, 1.82) is 0 Å². The van der Waals surface area contributed by atoms with Crippen molar-refractivity contribution in [1.82, 2.24) is 24.4 Å². The summed E-state index contributed by atoms with van der Waals surface area (Å²) >= 11 is 6.68. The number of pyridine rings is 2. The van der Waals surface area contributed by atoms with Gasteiger partial charge in [-0.15, -0.1) is 0 Å². The average Bonchev–Trinajstić information content (AvgIpc) is 2.92. The van der Waals surface area contributed by atoms with Gasteiger partial charge in [0, 0.05) is 43.7 Å². The Labute approximate surface area is 240 Å². The van der Waals surface area contributed by atoms with Crippen LogP contribution in [0.2, 0.25) is 5.02 Å². The van der Waals surface area contributed by atoms with Crippen LogP contribution in [-0.4, -0.2) is 70.7 Å². The van der Waals surface area contributed by atoms with Gasteiger partial charge in [-0.05, 0) is 44.2 Å². The van der Waals surface area contributed by atoms with E-state index in [0.29, 0.717) is 25.0 Å². The standard InChI is InChI=1S/C28H26ClFN6O4S/c1-5-23(37)34-12-13-35(16(2)15-34)26-19-14-20(29)24(18-8-6-7-9-21(18)30)32-27(19)36(28(38)33-26)25-17(3)31-11-10-22(25)41(4,39)40/h5-11,14,16H,1,12-13,15H2,2-4H3/t16-/m0/s1. The van der Waals surface area contributed by atoms with Gasteiger partial charge in [-0.3, -0.25) is 9.78 Å². The predicted molar refractivity (Wildman–Crippen MR) is 155 cm³/mol. The van der Waals surface area contributed by atoms with Crippen molar-refractivity contribution >= 4 is 44.2 Å². The molecule has 1 aromatic carbocycles. The van der Waals surface area contributed by atoms with E-state index in [4.69, 9.17) is 11.6 Å². The van der Waals surface area contributed by atoms with Crippen LogP contribution in [-0.2, 0) is 14.6 Å². The highest BCUT2D eigenvalue weighted by Gasteiger charge is 2.31. The minimum Gasteiger partial charge on any atom is -0.350 e. The van der Waals surface area contributed by atoms with E-state index >= 15 is 0 Å². The predicted octanol–water partition coefficient (Wildman–Crippen LogP) is 3.57. The molecule has 5 rings (SSSR count). The molecule has 1 fully saturated rings. The van der Waals surface area contributed by atoms with E-state index in [2.05, 4.69) is 21.5 Å². The number of anilines is 1. The van der Waals surface area contributed by atoms with E-state index < -0.39 is 21.3 Å². The summed E-state index contributed by atoms with van der Waals surface area (Å²) in [5.74, 6) is -0.517. The highest BCUT2D eigenvalue weighted by atomic mass is 35.5. The number of aromatic nitrogens is 4. The highest BCUT2D eigenvalue weighted by molar-refractivity contribution is 7.90. The molecule has 1 saturated heterocycles.